The maximum Gasteiger partial charge on any atom is 0.243 e. The fraction of sp³-hybridized carbons (Fsp3) is 0.615. The lowest BCUT2D eigenvalue weighted by atomic mass is 10.0. The lowest BCUT2D eigenvalue weighted by molar-refractivity contribution is -0.842. The first-order valence-corrected chi connectivity index (χ1v) is 12.2. The Kier molecular flexibility index (Phi) is 13.9. The molecule has 1 rings (SSSR count). The number of carbonyl (C=O) groups is 1. The number of nitrogens with one attached hydrogen (secondary N) is 2. The average molecular weight is 460 g/mol. The Labute approximate surface area is 201 Å². The summed E-state index contributed by atoms with van der Waals surface area (Å²) in [5, 5.41) is 3.01. The van der Waals surface area contributed by atoms with Gasteiger partial charge in [0, 0.05) is 26.1 Å². The minimum absolute atomic E-state index is 0.0133. The van der Waals surface area contributed by atoms with E-state index in [1.807, 2.05) is 6.08 Å². The maximum absolute atomic E-state index is 12.2. The average Bonchev–Trinajstić information content (AvgIpc) is 3.08. The van der Waals surface area contributed by atoms with Crippen molar-refractivity contribution in [2.75, 3.05) is 33.4 Å². The van der Waals surface area contributed by atoms with Crippen molar-refractivity contribution in [2.45, 2.75) is 66.2 Å². The second-order valence-corrected chi connectivity index (χ2v) is 9.39. The van der Waals surface area contributed by atoms with Gasteiger partial charge in [-0.05, 0) is 64.9 Å². The number of guanidine groups is 1. The van der Waals surface area contributed by atoms with Crippen molar-refractivity contribution in [3.8, 4) is 0 Å². The molecule has 0 aromatic heterocycles. The van der Waals surface area contributed by atoms with Crippen LogP contribution < -0.4 is 21.7 Å². The fourth-order valence-electron chi connectivity index (χ4n) is 3.70. The van der Waals surface area contributed by atoms with Gasteiger partial charge in [-0.1, -0.05) is 36.3 Å². The van der Waals surface area contributed by atoms with Gasteiger partial charge in [0.25, 0.3) is 0 Å². The molecule has 7 heteroatoms. The van der Waals surface area contributed by atoms with E-state index >= 15 is 0 Å². The van der Waals surface area contributed by atoms with Crippen LogP contribution in [0, 0.1) is 5.92 Å². The molecule has 1 amide bonds. The number of aliphatic imine (C=N–C) groups is 1. The molecule has 0 aromatic carbocycles. The zero-order valence-electron chi connectivity index (χ0n) is 21.5. The largest absolute Gasteiger partial charge is 0.370 e. The van der Waals surface area contributed by atoms with Crippen molar-refractivity contribution in [3.05, 3.63) is 47.3 Å². The highest BCUT2D eigenvalue weighted by Crippen LogP contribution is 2.12. The molecule has 0 bridgehead atoms. The predicted octanol–water partition coefficient (Wildman–Crippen LogP) is 2.45. The number of allylic oxidation sites excluding steroid dienone is 5. The van der Waals surface area contributed by atoms with Crippen LogP contribution in [0.25, 0.3) is 0 Å². The molecule has 1 aliphatic rings. The Morgan fingerprint density at radius 2 is 2.03 bits per heavy atom. The third-order valence-corrected chi connectivity index (χ3v) is 5.70. The maximum atomic E-state index is 12.2. The van der Waals surface area contributed by atoms with Gasteiger partial charge in [-0.3, -0.25) is 14.7 Å². The van der Waals surface area contributed by atoms with Gasteiger partial charge in [0.05, 0.1) is 13.2 Å². The van der Waals surface area contributed by atoms with E-state index in [0.717, 1.165) is 51.7 Å². The highest BCUT2D eigenvalue weighted by Gasteiger charge is 2.21. The third-order valence-electron chi connectivity index (χ3n) is 5.70. The van der Waals surface area contributed by atoms with Crippen LogP contribution in [0.3, 0.4) is 0 Å². The van der Waals surface area contributed by atoms with E-state index in [0.29, 0.717) is 19.0 Å². The van der Waals surface area contributed by atoms with Crippen LogP contribution >= 0.6 is 0 Å². The number of amides is 1. The summed E-state index contributed by atoms with van der Waals surface area (Å²) in [5.41, 5.74) is 14.8. The molecule has 186 valence electrons. The Bertz CT molecular complexity index is 742. The minimum Gasteiger partial charge on any atom is -0.370 e. The molecule has 0 saturated heterocycles. The van der Waals surface area contributed by atoms with E-state index in [4.69, 9.17) is 11.5 Å². The predicted molar refractivity (Wildman–Crippen MR) is 139 cm³/mol. The van der Waals surface area contributed by atoms with Crippen LogP contribution in [0.2, 0.25) is 0 Å². The number of quaternary nitrogens is 1. The molecule has 6 N–H and O–H groups in total. The van der Waals surface area contributed by atoms with Crippen molar-refractivity contribution in [1.82, 2.24) is 10.2 Å². The first-order valence-electron chi connectivity index (χ1n) is 12.2. The molecule has 0 fully saturated rings. The Hall–Kier alpha value is -2.54. The first-order chi connectivity index (χ1) is 15.7. The van der Waals surface area contributed by atoms with E-state index < -0.39 is 0 Å². The summed E-state index contributed by atoms with van der Waals surface area (Å²) in [6.07, 6.45) is 16.7. The minimum atomic E-state index is -0.0133. The van der Waals surface area contributed by atoms with Crippen molar-refractivity contribution in [2.24, 2.45) is 22.4 Å². The van der Waals surface area contributed by atoms with E-state index in [-0.39, 0.29) is 11.9 Å². The topological polar surface area (TPSA) is 101 Å². The molecular weight excluding hydrogens is 412 g/mol. The number of rotatable bonds is 15. The number of nitrogens with two attached hydrogens (primary N) is 2. The number of hydrogen-bond acceptors (Lipinski definition) is 3. The van der Waals surface area contributed by atoms with Crippen LogP contribution in [0.5, 0.6) is 0 Å². The molecule has 0 aliphatic carbocycles. The van der Waals surface area contributed by atoms with E-state index in [9.17, 15) is 4.79 Å². The van der Waals surface area contributed by atoms with Gasteiger partial charge in [-0.2, -0.15) is 0 Å². The second kappa shape index (κ2) is 16.1. The van der Waals surface area contributed by atoms with E-state index in [2.05, 4.69) is 68.3 Å². The van der Waals surface area contributed by atoms with Gasteiger partial charge in [0.2, 0.25) is 5.91 Å². The lowest BCUT2D eigenvalue weighted by Gasteiger charge is -2.14. The lowest BCUT2D eigenvalue weighted by Crippen LogP contribution is -3.06. The zero-order chi connectivity index (χ0) is 24.6. The third kappa shape index (κ3) is 14.3. The molecule has 2 atom stereocenters. The van der Waals surface area contributed by atoms with E-state index in [1.54, 1.807) is 6.08 Å². The molecule has 0 radical (unpaired) electrons. The summed E-state index contributed by atoms with van der Waals surface area (Å²) in [4.78, 5) is 19.8. The van der Waals surface area contributed by atoms with Gasteiger partial charge >= 0.3 is 0 Å². The van der Waals surface area contributed by atoms with Gasteiger partial charge in [0.1, 0.15) is 5.70 Å². The summed E-state index contributed by atoms with van der Waals surface area (Å²) in [6.45, 7) is 11.8. The SMILES string of the molecule is CC(C)=CCC/C(C)=C/CC[C@H](C)/C=C/C(=O)NCCC1=CN(CCCN=C(N)N)C[NH+]1C. The number of carbonyl (C=O) groups excluding carboxylic acids is 1. The van der Waals surface area contributed by atoms with Crippen LogP contribution in [0.4, 0.5) is 0 Å². The summed E-state index contributed by atoms with van der Waals surface area (Å²) in [5.74, 6) is 0.520. The summed E-state index contributed by atoms with van der Waals surface area (Å²) in [6, 6.07) is 0. The molecule has 0 saturated carbocycles. The summed E-state index contributed by atoms with van der Waals surface area (Å²) >= 11 is 0. The molecule has 1 heterocycles. The molecule has 0 spiro atoms. The highest BCUT2D eigenvalue weighted by atomic mass is 16.1. The van der Waals surface area contributed by atoms with Crippen LogP contribution in [-0.4, -0.2) is 50.1 Å². The summed E-state index contributed by atoms with van der Waals surface area (Å²) in [7, 11) is 2.16. The fourth-order valence-corrected chi connectivity index (χ4v) is 3.70. The molecule has 0 aromatic rings. The standard InChI is InChI=1S/C26H46N6O/c1-21(2)9-6-10-22(3)11-7-12-23(4)13-14-25(33)29-17-15-24-19-32(20-31(24)5)18-8-16-30-26(27)28/h9,11,13-14,19,23H,6-8,10,12,15-18,20H2,1-5H3,(H,29,33)(H4,27,28,30)/p+1/b14-13+,22-11+/t23-/m0/s1. The molecular formula is C26H47N6O+. The molecule has 7 nitrogen and oxygen atoms in total. The summed E-state index contributed by atoms with van der Waals surface area (Å²) < 4.78 is 0. The zero-order valence-corrected chi connectivity index (χ0v) is 21.5. The number of hydrogen-bond donors (Lipinski definition) is 4. The van der Waals surface area contributed by atoms with Crippen molar-refractivity contribution in [3.63, 3.8) is 0 Å². The van der Waals surface area contributed by atoms with Crippen LogP contribution in [0.15, 0.2) is 52.3 Å². The normalized spacial score (nSPS) is 17.1. The van der Waals surface area contributed by atoms with Gasteiger partial charge in [-0.15, -0.1) is 0 Å². The Morgan fingerprint density at radius 1 is 1.27 bits per heavy atom. The van der Waals surface area contributed by atoms with Crippen LogP contribution in [-0.2, 0) is 4.79 Å². The van der Waals surface area contributed by atoms with Crippen LogP contribution in [0.1, 0.15) is 66.2 Å². The molecule has 33 heavy (non-hydrogen) atoms. The monoisotopic (exact) mass is 459 g/mol. The van der Waals surface area contributed by atoms with Crippen molar-refractivity contribution < 1.29 is 9.69 Å². The highest BCUT2D eigenvalue weighted by molar-refractivity contribution is 5.87. The smallest absolute Gasteiger partial charge is 0.243 e. The quantitative estimate of drug-likeness (QED) is 0.0993. The molecule has 1 aliphatic heterocycles. The Morgan fingerprint density at radius 3 is 2.73 bits per heavy atom. The van der Waals surface area contributed by atoms with E-state index in [1.165, 1.54) is 21.7 Å². The van der Waals surface area contributed by atoms with Crippen molar-refractivity contribution in [1.29, 1.82) is 0 Å². The van der Waals surface area contributed by atoms with Gasteiger partial charge in [-0.25, -0.2) is 0 Å². The number of nitrogens with zero attached hydrogens (tertiary/aromatic N) is 2. The first kappa shape index (κ1) is 28.5. The van der Waals surface area contributed by atoms with Gasteiger partial charge < -0.3 is 21.7 Å². The van der Waals surface area contributed by atoms with Gasteiger partial charge in [0.15, 0.2) is 12.6 Å². The molecule has 1 unspecified atom stereocenters. The second-order valence-electron chi connectivity index (χ2n) is 9.39. The Balaban J connectivity index is 2.25. The van der Waals surface area contributed by atoms with Crippen molar-refractivity contribution >= 4 is 11.9 Å².